The van der Waals surface area contributed by atoms with Crippen molar-refractivity contribution in [2.45, 2.75) is 38.1 Å². The lowest BCUT2D eigenvalue weighted by molar-refractivity contribution is 0.421. The molecule has 3 rings (SSSR count). The third kappa shape index (κ3) is 3.29. The zero-order valence-corrected chi connectivity index (χ0v) is 10.2. The predicted octanol–water partition coefficient (Wildman–Crippen LogP) is 3.15. The van der Waals surface area contributed by atoms with Gasteiger partial charge in [-0.25, -0.2) is 4.39 Å². The Bertz CT molecular complexity index is 382. The van der Waals surface area contributed by atoms with E-state index in [1.54, 1.807) is 6.07 Å². The van der Waals surface area contributed by atoms with Crippen molar-refractivity contribution in [3.63, 3.8) is 0 Å². The van der Waals surface area contributed by atoms with Crippen LogP contribution in [0, 0.1) is 17.7 Å². The van der Waals surface area contributed by atoms with Crippen molar-refractivity contribution in [2.24, 2.45) is 11.8 Å². The third-order valence-electron chi connectivity index (χ3n) is 3.92. The fraction of sp³-hybridized carbons (Fsp3) is 0.600. The Hall–Kier alpha value is -0.890. The molecule has 0 spiro atoms. The molecule has 2 fully saturated rings. The molecule has 1 unspecified atom stereocenters. The lowest BCUT2D eigenvalue weighted by atomic mass is 9.94. The van der Waals surface area contributed by atoms with Crippen molar-refractivity contribution in [2.75, 3.05) is 6.54 Å². The van der Waals surface area contributed by atoms with Crippen molar-refractivity contribution in [3.8, 4) is 0 Å². The Morgan fingerprint density at radius 3 is 2.71 bits per heavy atom. The molecule has 0 radical (unpaired) electrons. The van der Waals surface area contributed by atoms with Crippen LogP contribution >= 0.6 is 0 Å². The second-order valence-electron chi connectivity index (χ2n) is 5.61. The number of hydrogen-bond acceptors (Lipinski definition) is 1. The standard InChI is InChI=1S/C15H20FN/c16-14-3-1-2-11(9-14)8-13(12-4-5-12)10-17-15-6-7-15/h1-3,9,12-13,15,17H,4-8,10H2. The molecule has 0 aromatic heterocycles. The molecule has 0 aliphatic heterocycles. The van der Waals surface area contributed by atoms with E-state index < -0.39 is 0 Å². The molecule has 0 saturated heterocycles. The van der Waals surface area contributed by atoms with E-state index in [2.05, 4.69) is 11.4 Å². The summed E-state index contributed by atoms with van der Waals surface area (Å²) in [6.07, 6.45) is 6.45. The number of nitrogens with one attached hydrogen (secondary N) is 1. The first kappa shape index (κ1) is 11.2. The molecule has 92 valence electrons. The summed E-state index contributed by atoms with van der Waals surface area (Å²) < 4.78 is 13.1. The maximum Gasteiger partial charge on any atom is 0.123 e. The third-order valence-corrected chi connectivity index (χ3v) is 3.92. The van der Waals surface area contributed by atoms with Crippen LogP contribution in [0.5, 0.6) is 0 Å². The molecule has 1 aromatic rings. The van der Waals surface area contributed by atoms with Gasteiger partial charge in [0.25, 0.3) is 0 Å². The maximum absolute atomic E-state index is 13.1. The minimum absolute atomic E-state index is 0.104. The highest BCUT2D eigenvalue weighted by Crippen LogP contribution is 2.38. The van der Waals surface area contributed by atoms with Crippen LogP contribution in [0.2, 0.25) is 0 Å². The lowest BCUT2D eigenvalue weighted by Crippen LogP contribution is -2.27. The SMILES string of the molecule is Fc1cccc(CC(CNC2CC2)C2CC2)c1. The predicted molar refractivity (Wildman–Crippen MR) is 67.3 cm³/mol. The van der Waals surface area contributed by atoms with Crippen LogP contribution in [0.4, 0.5) is 4.39 Å². The van der Waals surface area contributed by atoms with Crippen LogP contribution in [0.15, 0.2) is 24.3 Å². The van der Waals surface area contributed by atoms with Gasteiger partial charge in [0.15, 0.2) is 0 Å². The minimum Gasteiger partial charge on any atom is -0.314 e. The fourth-order valence-electron chi connectivity index (χ4n) is 2.55. The Morgan fingerprint density at radius 1 is 1.24 bits per heavy atom. The number of hydrogen-bond donors (Lipinski definition) is 1. The molecule has 0 heterocycles. The van der Waals surface area contributed by atoms with Gasteiger partial charge >= 0.3 is 0 Å². The van der Waals surface area contributed by atoms with Gasteiger partial charge in [0.2, 0.25) is 0 Å². The molecular formula is C15H20FN. The summed E-state index contributed by atoms with van der Waals surface area (Å²) in [6.45, 7) is 1.12. The second-order valence-corrected chi connectivity index (χ2v) is 5.61. The molecule has 0 amide bonds. The Kier molecular flexibility index (Phi) is 3.15. The smallest absolute Gasteiger partial charge is 0.123 e. The van der Waals surface area contributed by atoms with E-state index in [4.69, 9.17) is 0 Å². The number of benzene rings is 1. The average molecular weight is 233 g/mol. The maximum atomic E-state index is 13.1. The topological polar surface area (TPSA) is 12.0 Å². The van der Waals surface area contributed by atoms with E-state index in [1.165, 1.54) is 31.7 Å². The van der Waals surface area contributed by atoms with Crippen molar-refractivity contribution >= 4 is 0 Å². The molecule has 2 aliphatic rings. The molecule has 1 nitrogen and oxygen atoms in total. The minimum atomic E-state index is -0.104. The van der Waals surface area contributed by atoms with Crippen molar-refractivity contribution < 1.29 is 4.39 Å². The van der Waals surface area contributed by atoms with Crippen LogP contribution in [-0.4, -0.2) is 12.6 Å². The first-order chi connectivity index (χ1) is 8.31. The summed E-state index contributed by atoms with van der Waals surface area (Å²) in [6, 6.07) is 7.87. The summed E-state index contributed by atoms with van der Waals surface area (Å²) >= 11 is 0. The highest BCUT2D eigenvalue weighted by molar-refractivity contribution is 5.17. The van der Waals surface area contributed by atoms with Gasteiger partial charge in [-0.3, -0.25) is 0 Å². The van der Waals surface area contributed by atoms with Crippen LogP contribution in [0.3, 0.4) is 0 Å². The molecule has 2 saturated carbocycles. The molecule has 2 heteroatoms. The van der Waals surface area contributed by atoms with Crippen LogP contribution in [-0.2, 0) is 6.42 Å². The van der Waals surface area contributed by atoms with Crippen LogP contribution < -0.4 is 5.32 Å². The Labute approximate surface area is 102 Å². The van der Waals surface area contributed by atoms with Gasteiger partial charge in [0, 0.05) is 6.04 Å². The van der Waals surface area contributed by atoms with Gasteiger partial charge in [0.1, 0.15) is 5.82 Å². The normalized spacial score (nSPS) is 21.5. The van der Waals surface area contributed by atoms with E-state index >= 15 is 0 Å². The summed E-state index contributed by atoms with van der Waals surface area (Å²) in [5, 5.41) is 3.62. The number of halogens is 1. The zero-order valence-electron chi connectivity index (χ0n) is 10.2. The summed E-state index contributed by atoms with van der Waals surface area (Å²) in [4.78, 5) is 0. The van der Waals surface area contributed by atoms with Crippen LogP contribution in [0.1, 0.15) is 31.2 Å². The monoisotopic (exact) mass is 233 g/mol. The van der Waals surface area contributed by atoms with E-state index in [9.17, 15) is 4.39 Å². The molecule has 1 aromatic carbocycles. The molecule has 17 heavy (non-hydrogen) atoms. The molecule has 1 N–H and O–H groups in total. The summed E-state index contributed by atoms with van der Waals surface area (Å²) in [5.41, 5.74) is 1.15. The van der Waals surface area contributed by atoms with Gasteiger partial charge in [-0.05, 0) is 68.2 Å². The zero-order chi connectivity index (χ0) is 11.7. The highest BCUT2D eigenvalue weighted by Gasteiger charge is 2.32. The van der Waals surface area contributed by atoms with Gasteiger partial charge < -0.3 is 5.32 Å². The lowest BCUT2D eigenvalue weighted by Gasteiger charge is -2.17. The average Bonchev–Trinajstić information content (AvgIpc) is 3.15. The van der Waals surface area contributed by atoms with Gasteiger partial charge in [-0.1, -0.05) is 12.1 Å². The first-order valence-corrected chi connectivity index (χ1v) is 6.79. The summed E-state index contributed by atoms with van der Waals surface area (Å²) in [5.74, 6) is 1.48. The molecule has 1 atom stereocenters. The fourth-order valence-corrected chi connectivity index (χ4v) is 2.55. The Morgan fingerprint density at radius 2 is 2.06 bits per heavy atom. The quantitative estimate of drug-likeness (QED) is 0.796. The molecular weight excluding hydrogens is 213 g/mol. The molecule has 2 aliphatic carbocycles. The van der Waals surface area contributed by atoms with Gasteiger partial charge in [-0.15, -0.1) is 0 Å². The van der Waals surface area contributed by atoms with Crippen molar-refractivity contribution in [1.82, 2.24) is 5.32 Å². The van der Waals surface area contributed by atoms with E-state index in [-0.39, 0.29) is 5.82 Å². The first-order valence-electron chi connectivity index (χ1n) is 6.79. The van der Waals surface area contributed by atoms with Gasteiger partial charge in [-0.2, -0.15) is 0 Å². The van der Waals surface area contributed by atoms with Gasteiger partial charge in [0.05, 0.1) is 0 Å². The van der Waals surface area contributed by atoms with Crippen LogP contribution in [0.25, 0.3) is 0 Å². The van der Waals surface area contributed by atoms with Crippen molar-refractivity contribution in [1.29, 1.82) is 0 Å². The van der Waals surface area contributed by atoms with E-state index in [0.29, 0.717) is 5.92 Å². The molecule has 0 bridgehead atoms. The van der Waals surface area contributed by atoms with Crippen molar-refractivity contribution in [3.05, 3.63) is 35.6 Å². The van der Waals surface area contributed by atoms with E-state index in [0.717, 1.165) is 30.5 Å². The largest absolute Gasteiger partial charge is 0.314 e. The van der Waals surface area contributed by atoms with E-state index in [1.807, 2.05) is 6.07 Å². The second kappa shape index (κ2) is 4.77. The highest BCUT2D eigenvalue weighted by atomic mass is 19.1. The Balaban J connectivity index is 1.58. The summed E-state index contributed by atoms with van der Waals surface area (Å²) in [7, 11) is 0. The number of rotatable bonds is 6.